The number of tetrazole rings is 1. The molecule has 7 nitrogen and oxygen atoms in total. The lowest BCUT2D eigenvalue weighted by atomic mass is 10.2. The predicted molar refractivity (Wildman–Crippen MR) is 84.8 cm³/mol. The van der Waals surface area contributed by atoms with Crippen molar-refractivity contribution in [1.82, 2.24) is 34.9 Å². The van der Waals surface area contributed by atoms with Crippen molar-refractivity contribution >= 4 is 0 Å². The lowest BCUT2D eigenvalue weighted by Crippen LogP contribution is -2.33. The fraction of sp³-hybridized carbons (Fsp3) is 0.375. The van der Waals surface area contributed by atoms with Crippen molar-refractivity contribution in [1.29, 1.82) is 0 Å². The highest BCUT2D eigenvalue weighted by Crippen LogP contribution is 2.21. The van der Waals surface area contributed by atoms with Crippen LogP contribution in [0.15, 0.2) is 48.8 Å². The lowest BCUT2D eigenvalue weighted by molar-refractivity contribution is 0.212. The summed E-state index contributed by atoms with van der Waals surface area (Å²) in [5, 5.41) is 16.5. The van der Waals surface area contributed by atoms with Crippen LogP contribution in [0.2, 0.25) is 0 Å². The second kappa shape index (κ2) is 6.29. The molecule has 1 aliphatic rings. The minimum atomic E-state index is 0.482. The summed E-state index contributed by atoms with van der Waals surface area (Å²) >= 11 is 0. The zero-order valence-corrected chi connectivity index (χ0v) is 12.9. The van der Waals surface area contributed by atoms with Gasteiger partial charge in [-0.05, 0) is 48.0 Å². The van der Waals surface area contributed by atoms with Crippen LogP contribution in [0.25, 0.3) is 5.69 Å². The van der Waals surface area contributed by atoms with E-state index >= 15 is 0 Å². The average Bonchev–Trinajstić information content (AvgIpc) is 3.32. The molecule has 0 amide bonds. The molecule has 1 atom stereocenters. The number of likely N-dealkylation sites (tertiary alicyclic amines) is 1. The Bertz CT molecular complexity index is 735. The second-order valence-electron chi connectivity index (χ2n) is 5.84. The first kappa shape index (κ1) is 14.1. The maximum absolute atomic E-state index is 4.32. The summed E-state index contributed by atoms with van der Waals surface area (Å²) in [6.07, 6.45) is 6.24. The van der Waals surface area contributed by atoms with Gasteiger partial charge in [0.1, 0.15) is 0 Å². The SMILES string of the molecule is c1ccc(-n2nnnc2CN2CCCC2Cn2cccn2)cc1. The van der Waals surface area contributed by atoms with Crippen LogP contribution < -0.4 is 0 Å². The highest BCUT2D eigenvalue weighted by atomic mass is 15.5. The number of para-hydroxylation sites is 1. The molecular formula is C16H19N7. The molecule has 0 N–H and O–H groups in total. The quantitative estimate of drug-likeness (QED) is 0.715. The number of aromatic nitrogens is 6. The summed E-state index contributed by atoms with van der Waals surface area (Å²) in [7, 11) is 0. The van der Waals surface area contributed by atoms with Gasteiger partial charge in [-0.15, -0.1) is 5.10 Å². The Labute approximate surface area is 134 Å². The molecule has 23 heavy (non-hydrogen) atoms. The van der Waals surface area contributed by atoms with E-state index in [1.165, 1.54) is 12.8 Å². The van der Waals surface area contributed by atoms with Gasteiger partial charge in [0.15, 0.2) is 5.82 Å². The average molecular weight is 309 g/mol. The van der Waals surface area contributed by atoms with E-state index in [0.717, 1.165) is 31.1 Å². The maximum Gasteiger partial charge on any atom is 0.170 e. The zero-order valence-electron chi connectivity index (χ0n) is 12.9. The Kier molecular flexibility index (Phi) is 3.85. The molecule has 0 aliphatic carbocycles. The Balaban J connectivity index is 1.51. The van der Waals surface area contributed by atoms with Crippen LogP contribution >= 0.6 is 0 Å². The third-order valence-electron chi connectivity index (χ3n) is 4.34. The molecule has 3 aromatic rings. The van der Waals surface area contributed by atoms with Crippen LogP contribution in [-0.4, -0.2) is 47.5 Å². The van der Waals surface area contributed by atoms with Crippen LogP contribution in [0.3, 0.4) is 0 Å². The van der Waals surface area contributed by atoms with Gasteiger partial charge in [0, 0.05) is 18.4 Å². The molecule has 2 aromatic heterocycles. The molecule has 0 radical (unpaired) electrons. The van der Waals surface area contributed by atoms with Gasteiger partial charge in [-0.25, -0.2) is 0 Å². The molecule has 1 fully saturated rings. The monoisotopic (exact) mass is 309 g/mol. The van der Waals surface area contributed by atoms with Gasteiger partial charge in [-0.2, -0.15) is 9.78 Å². The van der Waals surface area contributed by atoms with Gasteiger partial charge in [0.05, 0.1) is 18.8 Å². The number of nitrogens with zero attached hydrogens (tertiary/aromatic N) is 7. The molecule has 1 unspecified atom stereocenters. The van der Waals surface area contributed by atoms with Crippen LogP contribution in [0.5, 0.6) is 0 Å². The summed E-state index contributed by atoms with van der Waals surface area (Å²) in [5.41, 5.74) is 0.996. The van der Waals surface area contributed by atoms with Crippen molar-refractivity contribution in [2.24, 2.45) is 0 Å². The van der Waals surface area contributed by atoms with E-state index in [0.29, 0.717) is 6.04 Å². The van der Waals surface area contributed by atoms with E-state index in [9.17, 15) is 0 Å². The van der Waals surface area contributed by atoms with E-state index in [2.05, 4.69) is 25.5 Å². The van der Waals surface area contributed by atoms with E-state index in [1.54, 1.807) is 0 Å². The van der Waals surface area contributed by atoms with E-state index in [-0.39, 0.29) is 0 Å². The van der Waals surface area contributed by atoms with Gasteiger partial charge in [-0.3, -0.25) is 9.58 Å². The molecule has 1 aliphatic heterocycles. The van der Waals surface area contributed by atoms with Gasteiger partial charge >= 0.3 is 0 Å². The molecule has 1 aromatic carbocycles. The predicted octanol–water partition coefficient (Wildman–Crippen LogP) is 1.52. The molecule has 0 bridgehead atoms. The van der Waals surface area contributed by atoms with E-state index in [1.807, 2.05) is 58.2 Å². The van der Waals surface area contributed by atoms with Crippen molar-refractivity contribution in [2.75, 3.05) is 6.54 Å². The summed E-state index contributed by atoms with van der Waals surface area (Å²) in [4.78, 5) is 2.45. The first-order valence-corrected chi connectivity index (χ1v) is 7.94. The summed E-state index contributed by atoms with van der Waals surface area (Å²) in [6.45, 7) is 2.75. The minimum absolute atomic E-state index is 0.482. The summed E-state index contributed by atoms with van der Waals surface area (Å²) in [6, 6.07) is 12.5. The third kappa shape index (κ3) is 3.00. The van der Waals surface area contributed by atoms with Crippen LogP contribution in [-0.2, 0) is 13.1 Å². The fourth-order valence-electron chi connectivity index (χ4n) is 3.19. The Morgan fingerprint density at radius 2 is 2.04 bits per heavy atom. The van der Waals surface area contributed by atoms with Crippen LogP contribution in [0.1, 0.15) is 18.7 Å². The highest BCUT2D eigenvalue weighted by molar-refractivity contribution is 5.30. The van der Waals surface area contributed by atoms with Crippen molar-refractivity contribution in [3.05, 3.63) is 54.6 Å². The smallest absolute Gasteiger partial charge is 0.170 e. The Morgan fingerprint density at radius 3 is 2.87 bits per heavy atom. The topological polar surface area (TPSA) is 64.7 Å². The molecule has 7 heteroatoms. The molecule has 4 rings (SSSR count). The molecule has 118 valence electrons. The van der Waals surface area contributed by atoms with Crippen LogP contribution in [0.4, 0.5) is 0 Å². The molecule has 3 heterocycles. The number of benzene rings is 1. The zero-order chi connectivity index (χ0) is 15.5. The molecule has 0 spiro atoms. The van der Waals surface area contributed by atoms with E-state index in [4.69, 9.17) is 0 Å². The number of hydrogen-bond donors (Lipinski definition) is 0. The maximum atomic E-state index is 4.32. The highest BCUT2D eigenvalue weighted by Gasteiger charge is 2.26. The molecule has 1 saturated heterocycles. The first-order chi connectivity index (χ1) is 11.4. The van der Waals surface area contributed by atoms with Gasteiger partial charge in [0.25, 0.3) is 0 Å². The number of hydrogen-bond acceptors (Lipinski definition) is 5. The lowest BCUT2D eigenvalue weighted by Gasteiger charge is -2.23. The van der Waals surface area contributed by atoms with Gasteiger partial charge in [0.2, 0.25) is 0 Å². The summed E-state index contributed by atoms with van der Waals surface area (Å²) < 4.78 is 3.83. The van der Waals surface area contributed by atoms with Crippen LogP contribution in [0, 0.1) is 0 Å². The second-order valence-corrected chi connectivity index (χ2v) is 5.84. The van der Waals surface area contributed by atoms with Gasteiger partial charge < -0.3 is 0 Å². The largest absolute Gasteiger partial charge is 0.291 e. The third-order valence-corrected chi connectivity index (χ3v) is 4.34. The van der Waals surface area contributed by atoms with Crippen molar-refractivity contribution in [2.45, 2.75) is 32.0 Å². The Hall–Kier alpha value is -2.54. The Morgan fingerprint density at radius 1 is 1.13 bits per heavy atom. The van der Waals surface area contributed by atoms with Crippen molar-refractivity contribution in [3.63, 3.8) is 0 Å². The molecular weight excluding hydrogens is 290 g/mol. The molecule has 0 saturated carbocycles. The van der Waals surface area contributed by atoms with Gasteiger partial charge in [-0.1, -0.05) is 18.2 Å². The fourth-order valence-corrected chi connectivity index (χ4v) is 3.19. The number of rotatable bonds is 5. The first-order valence-electron chi connectivity index (χ1n) is 7.94. The van der Waals surface area contributed by atoms with Crippen molar-refractivity contribution < 1.29 is 0 Å². The van der Waals surface area contributed by atoms with E-state index < -0.39 is 0 Å². The summed E-state index contributed by atoms with van der Waals surface area (Å²) in [5.74, 6) is 0.878. The normalized spacial score (nSPS) is 18.5. The minimum Gasteiger partial charge on any atom is -0.291 e. The standard InChI is InChI=1S/C16H19N7/c1-2-6-14(7-3-1)23-16(18-19-20-23)13-21-10-4-8-15(21)12-22-11-5-9-17-22/h1-3,5-7,9,11,15H,4,8,10,12-13H2. The van der Waals surface area contributed by atoms with Crippen molar-refractivity contribution in [3.8, 4) is 5.69 Å².